The number of imidazole rings is 1. The van der Waals surface area contributed by atoms with Crippen LogP contribution in [0.2, 0.25) is 0 Å². The van der Waals surface area contributed by atoms with Gasteiger partial charge in [-0.2, -0.15) is 0 Å². The second-order valence-electron chi connectivity index (χ2n) is 4.90. The number of hydrogen-bond donors (Lipinski definition) is 0. The number of fused-ring (bicyclic) bond motifs is 1. The second kappa shape index (κ2) is 5.78. The Morgan fingerprint density at radius 1 is 1.29 bits per heavy atom. The van der Waals surface area contributed by atoms with Crippen molar-refractivity contribution in [2.75, 3.05) is 5.88 Å². The van der Waals surface area contributed by atoms with Crippen LogP contribution < -0.4 is 0 Å². The summed E-state index contributed by atoms with van der Waals surface area (Å²) in [5, 5.41) is 0. The summed E-state index contributed by atoms with van der Waals surface area (Å²) in [5.41, 5.74) is 3.22. The molecule has 21 heavy (non-hydrogen) atoms. The molecule has 0 amide bonds. The van der Waals surface area contributed by atoms with E-state index in [0.29, 0.717) is 17.8 Å². The first kappa shape index (κ1) is 14.5. The number of aromatic nitrogens is 2. The van der Waals surface area contributed by atoms with Crippen molar-refractivity contribution in [2.24, 2.45) is 0 Å². The molecule has 0 atom stereocenters. The largest absolute Gasteiger partial charge is 0.296 e. The van der Waals surface area contributed by atoms with E-state index >= 15 is 0 Å². The molecule has 0 saturated carbocycles. The van der Waals surface area contributed by atoms with Gasteiger partial charge in [0.05, 0.1) is 5.52 Å². The number of rotatable bonds is 3. The fourth-order valence-corrected chi connectivity index (χ4v) is 3.26. The highest BCUT2D eigenvalue weighted by Crippen LogP contribution is 2.26. The Hall–Kier alpha value is -1.39. The van der Waals surface area contributed by atoms with Crippen molar-refractivity contribution >= 4 is 38.6 Å². The molecule has 3 aromatic rings. The van der Waals surface area contributed by atoms with E-state index in [1.54, 1.807) is 6.07 Å². The molecule has 3 rings (SSSR count). The van der Waals surface area contributed by atoms with Gasteiger partial charge in [0.1, 0.15) is 11.3 Å². The predicted molar refractivity (Wildman–Crippen MR) is 87.9 cm³/mol. The molecule has 0 bridgehead atoms. The molecule has 0 aliphatic heterocycles. The van der Waals surface area contributed by atoms with E-state index in [2.05, 4.69) is 27.0 Å². The lowest BCUT2D eigenvalue weighted by Crippen LogP contribution is -2.02. The molecule has 5 heteroatoms. The Labute approximate surface area is 135 Å². The van der Waals surface area contributed by atoms with E-state index in [0.717, 1.165) is 27.1 Å². The summed E-state index contributed by atoms with van der Waals surface area (Å²) in [6, 6.07) is 11.1. The molecule has 1 heterocycles. The van der Waals surface area contributed by atoms with E-state index in [-0.39, 0.29) is 5.82 Å². The van der Waals surface area contributed by atoms with E-state index in [1.807, 2.05) is 29.7 Å². The minimum absolute atomic E-state index is 0.311. The number of halogens is 3. The first-order chi connectivity index (χ1) is 10.1. The number of benzene rings is 2. The van der Waals surface area contributed by atoms with Gasteiger partial charge in [0, 0.05) is 22.5 Å². The minimum atomic E-state index is -0.311. The second-order valence-corrected chi connectivity index (χ2v) is 6.19. The summed E-state index contributed by atoms with van der Waals surface area (Å²) < 4.78 is 16.9. The molecule has 108 valence electrons. The van der Waals surface area contributed by atoms with Gasteiger partial charge >= 0.3 is 0 Å². The number of aryl methyl sites for hydroxylation is 2. The van der Waals surface area contributed by atoms with E-state index < -0.39 is 0 Å². The molecular weight excluding hydrogens is 355 g/mol. The van der Waals surface area contributed by atoms with Crippen LogP contribution in [0, 0.1) is 12.7 Å². The van der Waals surface area contributed by atoms with Crippen molar-refractivity contribution in [2.45, 2.75) is 13.3 Å². The molecule has 1 aromatic heterocycles. The smallest absolute Gasteiger partial charge is 0.151 e. The summed E-state index contributed by atoms with van der Waals surface area (Å²) in [7, 11) is 0. The number of para-hydroxylation sites is 1. The standard InChI is InChI=1S/C16H13BrClFN2/c1-10-7-11(17)9-12(8-10)21-14-4-2-3-13(19)16(14)20-15(21)5-6-18/h2-4,7-9H,5-6H2,1H3. The summed E-state index contributed by atoms with van der Waals surface area (Å²) in [5.74, 6) is 0.897. The van der Waals surface area contributed by atoms with Gasteiger partial charge in [-0.1, -0.05) is 22.0 Å². The Kier molecular flexibility index (Phi) is 4.00. The Morgan fingerprint density at radius 3 is 2.81 bits per heavy atom. The monoisotopic (exact) mass is 366 g/mol. The maximum atomic E-state index is 14.0. The molecule has 0 aliphatic carbocycles. The molecule has 2 aromatic carbocycles. The average Bonchev–Trinajstić information content (AvgIpc) is 2.78. The third kappa shape index (κ3) is 2.70. The molecular formula is C16H13BrClFN2. The lowest BCUT2D eigenvalue weighted by molar-refractivity contribution is 0.637. The molecule has 0 aliphatic rings. The zero-order valence-corrected chi connectivity index (χ0v) is 13.7. The van der Waals surface area contributed by atoms with Gasteiger partial charge in [0.25, 0.3) is 0 Å². The van der Waals surface area contributed by atoms with Gasteiger partial charge < -0.3 is 0 Å². The molecule has 0 spiro atoms. The van der Waals surface area contributed by atoms with Gasteiger partial charge in [-0.3, -0.25) is 4.57 Å². The van der Waals surface area contributed by atoms with Crippen LogP contribution in [0.4, 0.5) is 4.39 Å². The number of alkyl halides is 1. The van der Waals surface area contributed by atoms with Crippen molar-refractivity contribution in [3.05, 3.63) is 58.1 Å². The summed E-state index contributed by atoms with van der Waals surface area (Å²) in [6.07, 6.45) is 0.585. The maximum absolute atomic E-state index is 14.0. The van der Waals surface area contributed by atoms with Gasteiger partial charge in [-0.25, -0.2) is 9.37 Å². The lowest BCUT2D eigenvalue weighted by Gasteiger charge is -2.10. The van der Waals surface area contributed by atoms with Crippen LogP contribution in [0.25, 0.3) is 16.7 Å². The highest BCUT2D eigenvalue weighted by molar-refractivity contribution is 9.10. The Bertz CT molecular complexity index is 793. The zero-order valence-electron chi connectivity index (χ0n) is 11.4. The van der Waals surface area contributed by atoms with Gasteiger partial charge in [0.15, 0.2) is 5.82 Å². The van der Waals surface area contributed by atoms with Crippen LogP contribution in [-0.2, 0) is 6.42 Å². The first-order valence-electron chi connectivity index (χ1n) is 6.59. The third-order valence-electron chi connectivity index (χ3n) is 3.31. The van der Waals surface area contributed by atoms with Gasteiger partial charge in [-0.05, 0) is 42.8 Å². The summed E-state index contributed by atoms with van der Waals surface area (Å²) in [6.45, 7) is 2.02. The van der Waals surface area contributed by atoms with Crippen LogP contribution in [0.3, 0.4) is 0 Å². The van der Waals surface area contributed by atoms with Crippen molar-refractivity contribution < 1.29 is 4.39 Å². The van der Waals surface area contributed by atoms with Crippen LogP contribution in [-0.4, -0.2) is 15.4 Å². The highest BCUT2D eigenvalue weighted by atomic mass is 79.9. The van der Waals surface area contributed by atoms with Crippen molar-refractivity contribution in [1.29, 1.82) is 0 Å². The topological polar surface area (TPSA) is 17.8 Å². The Balaban J connectivity index is 2.33. The summed E-state index contributed by atoms with van der Waals surface area (Å²) in [4.78, 5) is 4.43. The average molecular weight is 368 g/mol. The predicted octanol–water partition coefficient (Wildman–Crippen LogP) is 5.02. The minimum Gasteiger partial charge on any atom is -0.296 e. The fourth-order valence-electron chi connectivity index (χ4n) is 2.50. The number of nitrogens with zero attached hydrogens (tertiary/aromatic N) is 2. The lowest BCUT2D eigenvalue weighted by atomic mass is 10.2. The summed E-state index contributed by atoms with van der Waals surface area (Å²) >= 11 is 9.38. The molecule has 0 fully saturated rings. The normalized spacial score (nSPS) is 11.2. The zero-order chi connectivity index (χ0) is 15.0. The molecule has 0 N–H and O–H groups in total. The highest BCUT2D eigenvalue weighted by Gasteiger charge is 2.15. The van der Waals surface area contributed by atoms with E-state index in [1.165, 1.54) is 6.07 Å². The third-order valence-corrected chi connectivity index (χ3v) is 3.96. The Morgan fingerprint density at radius 2 is 2.10 bits per heavy atom. The van der Waals surface area contributed by atoms with Crippen LogP contribution >= 0.6 is 27.5 Å². The van der Waals surface area contributed by atoms with Crippen LogP contribution in [0.5, 0.6) is 0 Å². The molecule has 0 radical (unpaired) electrons. The van der Waals surface area contributed by atoms with Crippen molar-refractivity contribution in [1.82, 2.24) is 9.55 Å². The number of hydrogen-bond acceptors (Lipinski definition) is 1. The van der Waals surface area contributed by atoms with E-state index in [4.69, 9.17) is 11.6 Å². The van der Waals surface area contributed by atoms with Gasteiger partial charge in [-0.15, -0.1) is 11.6 Å². The molecule has 0 saturated heterocycles. The van der Waals surface area contributed by atoms with Crippen molar-refractivity contribution in [3.8, 4) is 5.69 Å². The maximum Gasteiger partial charge on any atom is 0.151 e. The van der Waals surface area contributed by atoms with E-state index in [9.17, 15) is 4.39 Å². The molecule has 0 unspecified atom stereocenters. The van der Waals surface area contributed by atoms with Crippen molar-refractivity contribution in [3.63, 3.8) is 0 Å². The van der Waals surface area contributed by atoms with Gasteiger partial charge in [0.2, 0.25) is 0 Å². The van der Waals surface area contributed by atoms with Crippen LogP contribution in [0.1, 0.15) is 11.4 Å². The SMILES string of the molecule is Cc1cc(Br)cc(-n2c(CCCl)nc3c(F)cccc32)c1. The van der Waals surface area contributed by atoms with Crippen LogP contribution in [0.15, 0.2) is 40.9 Å². The fraction of sp³-hybridized carbons (Fsp3) is 0.188. The molecule has 2 nitrogen and oxygen atoms in total. The first-order valence-corrected chi connectivity index (χ1v) is 7.92. The quantitative estimate of drug-likeness (QED) is 0.595.